The van der Waals surface area contributed by atoms with E-state index in [4.69, 9.17) is 5.26 Å². The number of anilines is 1. The topological polar surface area (TPSA) is 79.1 Å². The van der Waals surface area contributed by atoms with Crippen LogP contribution in [0.25, 0.3) is 0 Å². The predicted octanol–water partition coefficient (Wildman–Crippen LogP) is 1.05. The van der Waals surface area contributed by atoms with Crippen LogP contribution in [-0.4, -0.2) is 36.1 Å². The van der Waals surface area contributed by atoms with Crippen LogP contribution in [0.3, 0.4) is 0 Å². The summed E-state index contributed by atoms with van der Waals surface area (Å²) in [5.74, 6) is 0.194. The van der Waals surface area contributed by atoms with Crippen molar-refractivity contribution >= 4 is 11.9 Å². The first-order valence-electron chi connectivity index (χ1n) is 5.68. The number of esters is 1. The number of aryl methyl sites for hydroxylation is 1. The van der Waals surface area contributed by atoms with Crippen LogP contribution in [0.4, 0.5) is 5.95 Å². The van der Waals surface area contributed by atoms with E-state index in [0.29, 0.717) is 24.7 Å². The maximum atomic E-state index is 11.1. The Kier molecular flexibility index (Phi) is 5.06. The summed E-state index contributed by atoms with van der Waals surface area (Å²) in [6.07, 6.45) is 0.267. The summed E-state index contributed by atoms with van der Waals surface area (Å²) in [5, 5.41) is 8.86. The van der Waals surface area contributed by atoms with Gasteiger partial charge in [0.05, 0.1) is 13.5 Å². The summed E-state index contributed by atoms with van der Waals surface area (Å²) >= 11 is 0. The van der Waals surface area contributed by atoms with Crippen molar-refractivity contribution in [2.24, 2.45) is 0 Å². The molecule has 0 aliphatic rings. The summed E-state index contributed by atoms with van der Waals surface area (Å²) in [7, 11) is 1.36. The lowest BCUT2D eigenvalue weighted by Crippen LogP contribution is -2.28. The van der Waals surface area contributed by atoms with Gasteiger partial charge in [0, 0.05) is 18.8 Å². The number of nitrogens with zero attached hydrogens (tertiary/aromatic N) is 4. The Hall–Kier alpha value is -2.16. The molecule has 0 N–H and O–H groups in total. The quantitative estimate of drug-likeness (QED) is 0.724. The van der Waals surface area contributed by atoms with E-state index in [-0.39, 0.29) is 12.4 Å². The molecular weight excluding hydrogens is 232 g/mol. The van der Waals surface area contributed by atoms with Crippen LogP contribution in [-0.2, 0) is 9.53 Å². The smallest absolute Gasteiger partial charge is 0.307 e. The van der Waals surface area contributed by atoms with E-state index in [2.05, 4.69) is 14.7 Å². The summed E-state index contributed by atoms with van der Waals surface area (Å²) in [6.45, 7) is 4.87. The zero-order chi connectivity index (χ0) is 13.5. The van der Waals surface area contributed by atoms with Gasteiger partial charge < -0.3 is 9.64 Å². The maximum Gasteiger partial charge on any atom is 0.307 e. The Morgan fingerprint density at radius 2 is 2.28 bits per heavy atom. The highest BCUT2D eigenvalue weighted by Gasteiger charge is 2.11. The van der Waals surface area contributed by atoms with Gasteiger partial charge in [0.1, 0.15) is 11.8 Å². The molecule has 0 aromatic carbocycles. The van der Waals surface area contributed by atoms with Crippen LogP contribution in [0.2, 0.25) is 0 Å². The second-order valence-electron chi connectivity index (χ2n) is 3.71. The van der Waals surface area contributed by atoms with E-state index in [1.165, 1.54) is 7.11 Å². The first kappa shape index (κ1) is 13.9. The molecule has 0 fully saturated rings. The summed E-state index contributed by atoms with van der Waals surface area (Å²) in [5.41, 5.74) is 1.06. The number of methoxy groups -OCH3 is 1. The van der Waals surface area contributed by atoms with Gasteiger partial charge in [-0.2, -0.15) is 5.26 Å². The molecule has 0 saturated carbocycles. The lowest BCUT2D eigenvalue weighted by molar-refractivity contribution is -0.140. The number of nitriles is 1. The Balaban J connectivity index is 2.85. The van der Waals surface area contributed by atoms with Gasteiger partial charge in [0.25, 0.3) is 0 Å². The molecule has 1 heterocycles. The molecule has 0 spiro atoms. The van der Waals surface area contributed by atoms with Crippen molar-refractivity contribution in [1.82, 2.24) is 9.97 Å². The van der Waals surface area contributed by atoms with Crippen molar-refractivity contribution in [2.45, 2.75) is 20.3 Å². The lowest BCUT2D eigenvalue weighted by Gasteiger charge is -2.20. The highest BCUT2D eigenvalue weighted by molar-refractivity contribution is 5.69. The van der Waals surface area contributed by atoms with Crippen LogP contribution in [0.1, 0.15) is 24.7 Å². The number of hydrogen-bond donors (Lipinski definition) is 0. The molecule has 96 valence electrons. The molecule has 1 aromatic heterocycles. The highest BCUT2D eigenvalue weighted by atomic mass is 16.5. The van der Waals surface area contributed by atoms with Gasteiger partial charge in [-0.25, -0.2) is 9.97 Å². The molecule has 0 atom stereocenters. The van der Waals surface area contributed by atoms with Crippen molar-refractivity contribution in [1.29, 1.82) is 5.26 Å². The van der Waals surface area contributed by atoms with E-state index in [0.717, 1.165) is 5.69 Å². The average molecular weight is 248 g/mol. The zero-order valence-corrected chi connectivity index (χ0v) is 10.8. The fourth-order valence-corrected chi connectivity index (χ4v) is 1.48. The van der Waals surface area contributed by atoms with Gasteiger partial charge in [0.15, 0.2) is 0 Å². The molecule has 18 heavy (non-hydrogen) atoms. The van der Waals surface area contributed by atoms with Gasteiger partial charge in [0.2, 0.25) is 5.95 Å². The summed E-state index contributed by atoms with van der Waals surface area (Å²) < 4.78 is 4.59. The molecule has 0 saturated heterocycles. The number of aromatic nitrogens is 2. The number of ether oxygens (including phenoxy) is 1. The van der Waals surface area contributed by atoms with Crippen LogP contribution in [0.15, 0.2) is 6.07 Å². The van der Waals surface area contributed by atoms with Gasteiger partial charge in [-0.3, -0.25) is 4.79 Å². The van der Waals surface area contributed by atoms with Gasteiger partial charge >= 0.3 is 5.97 Å². The number of carbonyl (C=O) groups is 1. The van der Waals surface area contributed by atoms with E-state index in [9.17, 15) is 4.79 Å². The van der Waals surface area contributed by atoms with Crippen LogP contribution >= 0.6 is 0 Å². The maximum absolute atomic E-state index is 11.1. The van der Waals surface area contributed by atoms with Crippen LogP contribution < -0.4 is 4.90 Å². The lowest BCUT2D eigenvalue weighted by atomic mass is 10.3. The fourth-order valence-electron chi connectivity index (χ4n) is 1.48. The third kappa shape index (κ3) is 3.70. The van der Waals surface area contributed by atoms with E-state index in [1.807, 2.05) is 17.9 Å². The fraction of sp³-hybridized carbons (Fsp3) is 0.500. The summed E-state index contributed by atoms with van der Waals surface area (Å²) in [4.78, 5) is 21.3. The second-order valence-corrected chi connectivity index (χ2v) is 3.71. The molecule has 0 aliphatic heterocycles. The molecule has 0 aliphatic carbocycles. The number of rotatable bonds is 5. The number of carbonyl (C=O) groups excluding carboxylic acids is 1. The Labute approximate surface area is 106 Å². The SMILES string of the molecule is CCN(CCC(=O)OC)c1nc(C)cc(C#N)n1. The van der Waals surface area contributed by atoms with Gasteiger partial charge in [-0.15, -0.1) is 0 Å². The minimum Gasteiger partial charge on any atom is -0.469 e. The normalized spacial score (nSPS) is 9.67. The molecule has 6 nitrogen and oxygen atoms in total. The molecule has 1 rings (SSSR count). The Bertz CT molecular complexity index is 468. The standard InChI is InChI=1S/C12H16N4O2/c1-4-16(6-5-11(17)18-3)12-14-9(2)7-10(8-13)15-12/h7H,4-6H2,1-3H3. The molecule has 1 aromatic rings. The van der Waals surface area contributed by atoms with Crippen molar-refractivity contribution in [3.8, 4) is 6.07 Å². The van der Waals surface area contributed by atoms with Crippen LogP contribution in [0, 0.1) is 18.3 Å². The molecule has 0 radical (unpaired) electrons. The molecule has 0 amide bonds. The van der Waals surface area contributed by atoms with Crippen LogP contribution in [0.5, 0.6) is 0 Å². The Morgan fingerprint density at radius 1 is 1.56 bits per heavy atom. The minimum absolute atomic E-state index is 0.267. The largest absolute Gasteiger partial charge is 0.469 e. The minimum atomic E-state index is -0.276. The van der Waals surface area contributed by atoms with Gasteiger partial charge in [-0.05, 0) is 19.9 Å². The predicted molar refractivity (Wildman–Crippen MR) is 66.0 cm³/mol. The van der Waals surface area contributed by atoms with Crippen molar-refractivity contribution in [3.05, 3.63) is 17.5 Å². The molecule has 6 heteroatoms. The molecular formula is C12H16N4O2. The second kappa shape index (κ2) is 6.55. The zero-order valence-electron chi connectivity index (χ0n) is 10.8. The van der Waals surface area contributed by atoms with E-state index in [1.54, 1.807) is 13.0 Å². The van der Waals surface area contributed by atoms with Crippen molar-refractivity contribution in [2.75, 3.05) is 25.1 Å². The Morgan fingerprint density at radius 3 is 2.83 bits per heavy atom. The van der Waals surface area contributed by atoms with E-state index < -0.39 is 0 Å². The van der Waals surface area contributed by atoms with Crippen molar-refractivity contribution < 1.29 is 9.53 Å². The van der Waals surface area contributed by atoms with E-state index >= 15 is 0 Å². The van der Waals surface area contributed by atoms with Gasteiger partial charge in [-0.1, -0.05) is 0 Å². The third-order valence-corrected chi connectivity index (χ3v) is 2.44. The summed E-state index contributed by atoms with van der Waals surface area (Å²) in [6, 6.07) is 3.62. The first-order valence-corrected chi connectivity index (χ1v) is 5.68. The monoisotopic (exact) mass is 248 g/mol. The number of hydrogen-bond acceptors (Lipinski definition) is 6. The van der Waals surface area contributed by atoms with Crippen molar-refractivity contribution in [3.63, 3.8) is 0 Å². The molecule has 0 unspecified atom stereocenters. The molecule has 0 bridgehead atoms. The average Bonchev–Trinajstić information content (AvgIpc) is 2.38. The third-order valence-electron chi connectivity index (χ3n) is 2.44. The first-order chi connectivity index (χ1) is 8.60. The highest BCUT2D eigenvalue weighted by Crippen LogP contribution is 2.10.